The van der Waals surface area contributed by atoms with Gasteiger partial charge in [0.25, 0.3) is 0 Å². The molecule has 2 aromatic heterocycles. The summed E-state index contributed by atoms with van der Waals surface area (Å²) in [5, 5.41) is 13.0. The third-order valence-corrected chi connectivity index (χ3v) is 5.27. The number of ether oxygens (including phenoxy) is 2. The van der Waals surface area contributed by atoms with Gasteiger partial charge >= 0.3 is 6.09 Å². The van der Waals surface area contributed by atoms with E-state index in [0.29, 0.717) is 24.8 Å². The molecule has 0 bridgehead atoms. The Morgan fingerprint density at radius 1 is 1.00 bits per heavy atom. The van der Waals surface area contributed by atoms with Crippen molar-refractivity contribution in [1.82, 2.24) is 29.6 Å². The summed E-state index contributed by atoms with van der Waals surface area (Å²) in [7, 11) is 0. The molecule has 1 saturated heterocycles. The van der Waals surface area contributed by atoms with Gasteiger partial charge in [-0.05, 0) is 38.5 Å². The minimum Gasteiger partial charge on any atom is -0.473 e. The van der Waals surface area contributed by atoms with Crippen molar-refractivity contribution < 1.29 is 19.4 Å². The van der Waals surface area contributed by atoms with Gasteiger partial charge in [-0.25, -0.2) is 24.4 Å². The summed E-state index contributed by atoms with van der Waals surface area (Å²) in [5.41, 5.74) is 0. The average Bonchev–Trinajstić information content (AvgIpc) is 3.25. The number of rotatable bonds is 5. The van der Waals surface area contributed by atoms with Crippen molar-refractivity contribution in [3.8, 4) is 11.7 Å². The van der Waals surface area contributed by atoms with Gasteiger partial charge in [-0.1, -0.05) is 0 Å². The predicted molar refractivity (Wildman–Crippen MR) is 97.3 cm³/mol. The first-order chi connectivity index (χ1) is 13.7. The van der Waals surface area contributed by atoms with Gasteiger partial charge in [-0.3, -0.25) is 0 Å². The molecule has 1 aliphatic carbocycles. The van der Waals surface area contributed by atoms with Crippen LogP contribution in [0, 0.1) is 0 Å². The highest BCUT2D eigenvalue weighted by Gasteiger charge is 2.28. The molecule has 0 atom stereocenters. The Balaban J connectivity index is 1.20. The lowest BCUT2D eigenvalue weighted by Crippen LogP contribution is -2.41. The van der Waals surface area contributed by atoms with Gasteiger partial charge in [0.1, 0.15) is 18.8 Å². The first-order valence-corrected chi connectivity index (χ1v) is 9.64. The molecule has 150 valence electrons. The summed E-state index contributed by atoms with van der Waals surface area (Å²) < 4.78 is 13.7. The van der Waals surface area contributed by atoms with Crippen LogP contribution in [0.25, 0.3) is 5.82 Å². The number of carboxylic acid groups (broad SMARTS) is 1. The lowest BCUT2D eigenvalue weighted by atomic mass is 9.94. The Kier molecular flexibility index (Phi) is 5.65. The van der Waals surface area contributed by atoms with E-state index in [0.717, 1.165) is 38.5 Å². The Labute approximate surface area is 162 Å². The largest absolute Gasteiger partial charge is 0.473 e. The molecule has 10 nitrogen and oxygen atoms in total. The topological polar surface area (TPSA) is 115 Å². The van der Waals surface area contributed by atoms with E-state index in [1.807, 2.05) is 0 Å². The third-order valence-electron chi connectivity index (χ3n) is 5.27. The lowest BCUT2D eigenvalue weighted by Gasteiger charge is -2.35. The van der Waals surface area contributed by atoms with Crippen molar-refractivity contribution >= 4 is 6.09 Å². The fraction of sp³-hybridized carbons (Fsp3) is 0.611. The van der Waals surface area contributed by atoms with Gasteiger partial charge in [0.2, 0.25) is 5.88 Å². The van der Waals surface area contributed by atoms with Crippen molar-refractivity contribution in [1.29, 1.82) is 0 Å². The molecule has 4 rings (SSSR count). The summed E-state index contributed by atoms with van der Waals surface area (Å²) in [6.07, 6.45) is 11.1. The van der Waals surface area contributed by atoms with E-state index < -0.39 is 6.09 Å². The molecule has 0 radical (unpaired) electrons. The summed E-state index contributed by atoms with van der Waals surface area (Å²) in [6, 6.07) is 0. The van der Waals surface area contributed by atoms with Gasteiger partial charge in [0.15, 0.2) is 5.82 Å². The minimum atomic E-state index is -0.839. The molecule has 2 fully saturated rings. The Morgan fingerprint density at radius 2 is 1.71 bits per heavy atom. The van der Waals surface area contributed by atoms with Crippen LogP contribution in [0.2, 0.25) is 0 Å². The quantitative estimate of drug-likeness (QED) is 0.826. The molecule has 2 aromatic rings. The van der Waals surface area contributed by atoms with E-state index in [2.05, 4.69) is 20.1 Å². The maximum atomic E-state index is 11.0. The van der Waals surface area contributed by atoms with Crippen LogP contribution in [0.4, 0.5) is 4.79 Å². The summed E-state index contributed by atoms with van der Waals surface area (Å²) >= 11 is 0. The molecule has 3 heterocycles. The molecule has 10 heteroatoms. The zero-order valence-corrected chi connectivity index (χ0v) is 15.6. The molecule has 0 aromatic carbocycles. The SMILES string of the molecule is O=C(O)N1CCC(O[C@H]2CC[C@H](Oc3cnc(-n4cncn4)cn3)CC2)CC1. The summed E-state index contributed by atoms with van der Waals surface area (Å²) in [6.45, 7) is 1.11. The maximum absolute atomic E-state index is 11.0. The number of nitrogens with zero attached hydrogens (tertiary/aromatic N) is 6. The molecular formula is C18H24N6O4. The van der Waals surface area contributed by atoms with Crippen molar-refractivity contribution in [2.75, 3.05) is 13.1 Å². The maximum Gasteiger partial charge on any atom is 0.407 e. The molecular weight excluding hydrogens is 364 g/mol. The highest BCUT2D eigenvalue weighted by Crippen LogP contribution is 2.27. The molecule has 28 heavy (non-hydrogen) atoms. The second kappa shape index (κ2) is 8.51. The Morgan fingerprint density at radius 3 is 2.32 bits per heavy atom. The first kappa shape index (κ1) is 18.6. The number of carbonyl (C=O) groups is 1. The van der Waals surface area contributed by atoms with E-state index in [1.54, 1.807) is 23.4 Å². The van der Waals surface area contributed by atoms with Crippen molar-refractivity contribution in [2.45, 2.75) is 56.8 Å². The smallest absolute Gasteiger partial charge is 0.407 e. The molecule has 1 aliphatic heterocycles. The van der Waals surface area contributed by atoms with Crippen LogP contribution in [0.1, 0.15) is 38.5 Å². The molecule has 0 spiro atoms. The Bertz CT molecular complexity index is 753. The number of amides is 1. The Hall–Kier alpha value is -2.75. The van der Waals surface area contributed by atoms with E-state index in [9.17, 15) is 4.79 Å². The highest BCUT2D eigenvalue weighted by molar-refractivity contribution is 5.65. The number of likely N-dealkylation sites (tertiary alicyclic amines) is 1. The molecule has 1 saturated carbocycles. The molecule has 2 aliphatic rings. The number of aromatic nitrogens is 5. The van der Waals surface area contributed by atoms with Gasteiger partial charge in [0, 0.05) is 13.1 Å². The van der Waals surface area contributed by atoms with E-state index in [-0.39, 0.29) is 18.3 Å². The lowest BCUT2D eigenvalue weighted by molar-refractivity contribution is -0.0644. The van der Waals surface area contributed by atoms with Gasteiger partial charge in [-0.2, -0.15) is 5.10 Å². The summed E-state index contributed by atoms with van der Waals surface area (Å²) in [5.74, 6) is 1.10. The second-order valence-electron chi connectivity index (χ2n) is 7.17. The highest BCUT2D eigenvalue weighted by atomic mass is 16.5. The number of hydrogen-bond donors (Lipinski definition) is 1. The second-order valence-corrected chi connectivity index (χ2v) is 7.17. The van der Waals surface area contributed by atoms with Crippen LogP contribution in [-0.2, 0) is 4.74 Å². The van der Waals surface area contributed by atoms with E-state index in [4.69, 9.17) is 14.6 Å². The van der Waals surface area contributed by atoms with Crippen LogP contribution < -0.4 is 4.74 Å². The van der Waals surface area contributed by atoms with Crippen LogP contribution >= 0.6 is 0 Å². The van der Waals surface area contributed by atoms with Crippen LogP contribution in [-0.4, -0.2) is 72.2 Å². The average molecular weight is 388 g/mol. The number of hydrogen-bond acceptors (Lipinski definition) is 7. The van der Waals surface area contributed by atoms with Crippen LogP contribution in [0.3, 0.4) is 0 Å². The zero-order valence-electron chi connectivity index (χ0n) is 15.6. The van der Waals surface area contributed by atoms with Crippen molar-refractivity contribution in [3.05, 3.63) is 25.0 Å². The minimum absolute atomic E-state index is 0.111. The molecule has 1 N–H and O–H groups in total. The fourth-order valence-corrected chi connectivity index (χ4v) is 3.73. The first-order valence-electron chi connectivity index (χ1n) is 9.64. The van der Waals surface area contributed by atoms with Crippen molar-refractivity contribution in [3.63, 3.8) is 0 Å². The third kappa shape index (κ3) is 4.56. The predicted octanol–water partition coefficient (Wildman–Crippen LogP) is 1.91. The van der Waals surface area contributed by atoms with Crippen molar-refractivity contribution in [2.24, 2.45) is 0 Å². The van der Waals surface area contributed by atoms with E-state index >= 15 is 0 Å². The molecule has 1 amide bonds. The summed E-state index contributed by atoms with van der Waals surface area (Å²) in [4.78, 5) is 24.9. The standard InChI is InChI=1S/C18H24N6O4/c25-18(26)23-7-5-15(6-8-23)27-13-1-3-14(4-2-13)28-17-10-20-16(9-21-17)24-12-19-11-22-24/h9-15H,1-8H2,(H,25,26)/t13-,14-. The van der Waals surface area contributed by atoms with Gasteiger partial charge in [-0.15, -0.1) is 0 Å². The fourth-order valence-electron chi connectivity index (χ4n) is 3.73. The molecule has 0 unspecified atom stereocenters. The normalized spacial score (nSPS) is 23.5. The van der Waals surface area contributed by atoms with Gasteiger partial charge in [0.05, 0.1) is 24.6 Å². The van der Waals surface area contributed by atoms with Crippen LogP contribution in [0.5, 0.6) is 5.88 Å². The van der Waals surface area contributed by atoms with Crippen LogP contribution in [0.15, 0.2) is 25.0 Å². The number of piperidine rings is 1. The zero-order chi connectivity index (χ0) is 19.3. The van der Waals surface area contributed by atoms with Gasteiger partial charge < -0.3 is 19.5 Å². The monoisotopic (exact) mass is 388 g/mol. The van der Waals surface area contributed by atoms with E-state index in [1.165, 1.54) is 11.2 Å².